The van der Waals surface area contributed by atoms with Gasteiger partial charge in [-0.25, -0.2) is 0 Å². The Kier molecular flexibility index (Phi) is 6.72. The first-order chi connectivity index (χ1) is 7.43. The summed E-state index contributed by atoms with van der Waals surface area (Å²) in [5, 5.41) is 0. The second-order valence-corrected chi connectivity index (χ2v) is 4.04. The van der Waals surface area contributed by atoms with Gasteiger partial charge in [0.05, 0.1) is 19.1 Å². The maximum atomic E-state index is 11.7. The molecule has 0 saturated carbocycles. The molecule has 0 aromatic carbocycles. The number of methoxy groups -OCH3 is 1. The summed E-state index contributed by atoms with van der Waals surface area (Å²) in [7, 11) is 2.99. The third kappa shape index (κ3) is 4.61. The van der Waals surface area contributed by atoms with Crippen LogP contribution in [-0.4, -0.2) is 43.5 Å². The minimum Gasteiger partial charge on any atom is -0.469 e. The molecule has 0 spiro atoms. The van der Waals surface area contributed by atoms with Crippen LogP contribution in [0.5, 0.6) is 0 Å². The summed E-state index contributed by atoms with van der Waals surface area (Å²) in [6, 6.07) is -0.472. The summed E-state index contributed by atoms with van der Waals surface area (Å²) in [6.07, 6.45) is 1.53. The number of nitrogens with zero attached hydrogens (tertiary/aromatic N) is 1. The molecule has 0 aliphatic heterocycles. The van der Waals surface area contributed by atoms with Crippen molar-refractivity contribution in [3.8, 4) is 0 Å². The molecule has 2 N–H and O–H groups in total. The number of likely N-dealkylation sites (N-methyl/N-ethyl adjacent to an activating group) is 1. The summed E-state index contributed by atoms with van der Waals surface area (Å²) in [6.45, 7) is 4.04. The monoisotopic (exact) mass is 230 g/mol. The molecule has 0 aliphatic carbocycles. The smallest absolute Gasteiger partial charge is 0.310 e. The molecule has 0 radical (unpaired) electrons. The summed E-state index contributed by atoms with van der Waals surface area (Å²) in [5.41, 5.74) is 5.71. The number of rotatable bonds is 6. The zero-order chi connectivity index (χ0) is 12.7. The van der Waals surface area contributed by atoms with Gasteiger partial charge in [0.2, 0.25) is 5.91 Å². The minimum atomic E-state index is -0.472. The molecule has 5 heteroatoms. The van der Waals surface area contributed by atoms with E-state index in [1.54, 1.807) is 14.0 Å². The first-order valence-corrected chi connectivity index (χ1v) is 5.52. The quantitative estimate of drug-likeness (QED) is 0.670. The highest BCUT2D eigenvalue weighted by atomic mass is 16.5. The summed E-state index contributed by atoms with van der Waals surface area (Å²) < 4.78 is 4.59. The number of nitrogens with two attached hydrogens (primary N) is 1. The lowest BCUT2D eigenvalue weighted by Gasteiger charge is -2.23. The Hall–Kier alpha value is -1.10. The van der Waals surface area contributed by atoms with Crippen molar-refractivity contribution in [3.63, 3.8) is 0 Å². The highest BCUT2D eigenvalue weighted by Crippen LogP contribution is 2.04. The lowest BCUT2D eigenvalue weighted by Crippen LogP contribution is -2.44. The van der Waals surface area contributed by atoms with E-state index in [0.717, 1.165) is 6.42 Å². The van der Waals surface area contributed by atoms with E-state index in [2.05, 4.69) is 4.74 Å². The minimum absolute atomic E-state index is 0.127. The van der Waals surface area contributed by atoms with E-state index in [9.17, 15) is 9.59 Å². The van der Waals surface area contributed by atoms with E-state index in [-0.39, 0.29) is 17.8 Å². The van der Waals surface area contributed by atoms with Gasteiger partial charge in [-0.05, 0) is 6.42 Å². The molecule has 16 heavy (non-hydrogen) atoms. The van der Waals surface area contributed by atoms with Crippen LogP contribution in [-0.2, 0) is 14.3 Å². The number of hydrogen-bond donors (Lipinski definition) is 1. The number of amides is 1. The number of carbonyl (C=O) groups is 2. The van der Waals surface area contributed by atoms with Crippen molar-refractivity contribution in [2.45, 2.75) is 32.7 Å². The fourth-order valence-corrected chi connectivity index (χ4v) is 1.49. The van der Waals surface area contributed by atoms with Crippen molar-refractivity contribution in [2.75, 3.05) is 20.7 Å². The van der Waals surface area contributed by atoms with Gasteiger partial charge in [-0.1, -0.05) is 20.3 Å². The summed E-state index contributed by atoms with van der Waals surface area (Å²) in [5.74, 6) is -0.769. The largest absolute Gasteiger partial charge is 0.469 e. The zero-order valence-electron chi connectivity index (χ0n) is 10.5. The van der Waals surface area contributed by atoms with Crippen LogP contribution in [0.1, 0.15) is 26.7 Å². The van der Waals surface area contributed by atoms with Crippen LogP contribution in [0.25, 0.3) is 0 Å². The Morgan fingerprint density at radius 3 is 2.44 bits per heavy atom. The SMILES string of the molecule is CCC[C@@H](N)C(=O)N(C)CC(C)C(=O)OC. The van der Waals surface area contributed by atoms with E-state index in [1.165, 1.54) is 12.0 Å². The molecule has 0 bridgehead atoms. The number of hydrogen-bond acceptors (Lipinski definition) is 4. The molecule has 5 nitrogen and oxygen atoms in total. The van der Waals surface area contributed by atoms with E-state index < -0.39 is 6.04 Å². The molecular formula is C11H22N2O3. The third-order valence-corrected chi connectivity index (χ3v) is 2.44. The number of ether oxygens (including phenoxy) is 1. The van der Waals surface area contributed by atoms with Crippen LogP contribution < -0.4 is 5.73 Å². The Balaban J connectivity index is 4.19. The summed E-state index contributed by atoms with van der Waals surface area (Å²) in [4.78, 5) is 24.4. The Labute approximate surface area is 96.9 Å². The third-order valence-electron chi connectivity index (χ3n) is 2.44. The number of esters is 1. The molecule has 2 atom stereocenters. The molecule has 0 fully saturated rings. The topological polar surface area (TPSA) is 72.6 Å². The van der Waals surface area contributed by atoms with Gasteiger partial charge in [-0.15, -0.1) is 0 Å². The molecule has 0 aromatic heterocycles. The van der Waals surface area contributed by atoms with Crippen molar-refractivity contribution in [1.82, 2.24) is 4.90 Å². The Morgan fingerprint density at radius 2 is 2.00 bits per heavy atom. The van der Waals surface area contributed by atoms with E-state index in [1.807, 2.05) is 6.92 Å². The molecular weight excluding hydrogens is 208 g/mol. The van der Waals surface area contributed by atoms with Crippen molar-refractivity contribution in [3.05, 3.63) is 0 Å². The molecule has 0 heterocycles. The highest BCUT2D eigenvalue weighted by Gasteiger charge is 2.21. The first kappa shape index (κ1) is 14.9. The maximum Gasteiger partial charge on any atom is 0.310 e. The van der Waals surface area contributed by atoms with E-state index >= 15 is 0 Å². The van der Waals surface area contributed by atoms with Gasteiger partial charge >= 0.3 is 5.97 Å². The van der Waals surface area contributed by atoms with Crippen LogP contribution in [0.3, 0.4) is 0 Å². The van der Waals surface area contributed by atoms with Crippen molar-refractivity contribution in [1.29, 1.82) is 0 Å². The average molecular weight is 230 g/mol. The van der Waals surface area contributed by atoms with Gasteiger partial charge in [0.25, 0.3) is 0 Å². The second-order valence-electron chi connectivity index (χ2n) is 4.04. The predicted octanol–water partition coefficient (Wildman–Crippen LogP) is 0.381. The molecule has 0 saturated heterocycles. The van der Waals surface area contributed by atoms with Crippen molar-refractivity contribution < 1.29 is 14.3 Å². The summed E-state index contributed by atoms with van der Waals surface area (Å²) >= 11 is 0. The normalized spacial score (nSPS) is 14.1. The van der Waals surface area contributed by atoms with Crippen LogP contribution >= 0.6 is 0 Å². The van der Waals surface area contributed by atoms with Crippen molar-refractivity contribution >= 4 is 11.9 Å². The second kappa shape index (κ2) is 7.22. The maximum absolute atomic E-state index is 11.7. The molecule has 0 aliphatic rings. The van der Waals surface area contributed by atoms with Crippen LogP contribution in [0.4, 0.5) is 0 Å². The zero-order valence-corrected chi connectivity index (χ0v) is 10.5. The first-order valence-electron chi connectivity index (χ1n) is 5.52. The van der Waals surface area contributed by atoms with Crippen LogP contribution in [0.15, 0.2) is 0 Å². The lowest BCUT2D eigenvalue weighted by atomic mass is 10.1. The van der Waals surface area contributed by atoms with Crippen LogP contribution in [0, 0.1) is 5.92 Å². The van der Waals surface area contributed by atoms with Gasteiger partial charge in [-0.2, -0.15) is 0 Å². The lowest BCUT2D eigenvalue weighted by molar-refractivity contribution is -0.146. The predicted molar refractivity (Wildman–Crippen MR) is 61.7 cm³/mol. The van der Waals surface area contributed by atoms with Crippen LogP contribution in [0.2, 0.25) is 0 Å². The molecule has 0 aromatic rings. The molecule has 1 amide bonds. The van der Waals surface area contributed by atoms with Gasteiger partial charge in [0.1, 0.15) is 0 Å². The average Bonchev–Trinajstić information content (AvgIpc) is 2.26. The fraction of sp³-hybridized carbons (Fsp3) is 0.818. The van der Waals surface area contributed by atoms with Gasteiger partial charge in [-0.3, -0.25) is 9.59 Å². The Bertz CT molecular complexity index is 243. The highest BCUT2D eigenvalue weighted by molar-refractivity contribution is 5.82. The van der Waals surface area contributed by atoms with Gasteiger partial charge < -0.3 is 15.4 Å². The molecule has 94 valence electrons. The standard InChI is InChI=1S/C11H22N2O3/c1-5-6-9(12)10(14)13(3)7-8(2)11(15)16-4/h8-9H,5-7,12H2,1-4H3/t8?,9-/m1/s1. The van der Waals surface area contributed by atoms with Gasteiger partial charge in [0, 0.05) is 13.6 Å². The van der Waals surface area contributed by atoms with E-state index in [4.69, 9.17) is 5.73 Å². The number of carbonyl (C=O) groups excluding carboxylic acids is 2. The fourth-order valence-electron chi connectivity index (χ4n) is 1.49. The van der Waals surface area contributed by atoms with Gasteiger partial charge in [0.15, 0.2) is 0 Å². The van der Waals surface area contributed by atoms with E-state index in [0.29, 0.717) is 13.0 Å². The molecule has 1 unspecified atom stereocenters. The molecule has 0 rings (SSSR count). The Morgan fingerprint density at radius 1 is 1.44 bits per heavy atom. The van der Waals surface area contributed by atoms with Crippen molar-refractivity contribution in [2.24, 2.45) is 11.7 Å².